The van der Waals surface area contributed by atoms with Gasteiger partial charge in [0.1, 0.15) is 17.4 Å². The van der Waals surface area contributed by atoms with E-state index in [2.05, 4.69) is 83.5 Å². The van der Waals surface area contributed by atoms with Gasteiger partial charge in [-0.3, -0.25) is 15.0 Å². The number of ether oxygens (including phenoxy) is 2. The molecule has 1 aliphatic heterocycles. The summed E-state index contributed by atoms with van der Waals surface area (Å²) in [6, 6.07) is 42.7. The van der Waals surface area contributed by atoms with E-state index in [0.29, 0.717) is 36.8 Å². The lowest BCUT2D eigenvalue weighted by Crippen LogP contribution is -2.48. The highest BCUT2D eigenvalue weighted by Crippen LogP contribution is 2.49. The third kappa shape index (κ3) is 10.4. The molecule has 5 aromatic rings. The topological polar surface area (TPSA) is 123 Å². The summed E-state index contributed by atoms with van der Waals surface area (Å²) in [7, 11) is 0. The first-order valence-electron chi connectivity index (χ1n) is 19.1. The van der Waals surface area contributed by atoms with Crippen LogP contribution in [0.3, 0.4) is 0 Å². The number of carbonyl (C=O) groups is 3. The molecular formula is C46H49ClN4O5S. The van der Waals surface area contributed by atoms with E-state index in [0.717, 1.165) is 16.9 Å². The zero-order chi connectivity index (χ0) is 40.4. The van der Waals surface area contributed by atoms with E-state index in [1.165, 1.54) is 16.7 Å². The third-order valence-electron chi connectivity index (χ3n) is 9.70. The number of rotatable bonds is 15. The van der Waals surface area contributed by atoms with Crippen LogP contribution in [-0.2, 0) is 20.7 Å². The quantitative estimate of drug-likeness (QED) is 0.0549. The van der Waals surface area contributed by atoms with Crippen LogP contribution in [-0.4, -0.2) is 53.5 Å². The van der Waals surface area contributed by atoms with Crippen molar-refractivity contribution in [2.45, 2.75) is 62.5 Å². The smallest absolute Gasteiger partial charge is 0.422 e. The van der Waals surface area contributed by atoms with E-state index >= 15 is 0 Å². The Morgan fingerprint density at radius 3 is 1.96 bits per heavy atom. The molecule has 0 fully saturated rings. The summed E-state index contributed by atoms with van der Waals surface area (Å²) in [6.07, 6.45) is 0.870. The second kappa shape index (κ2) is 18.8. The molecule has 1 aliphatic rings. The number of primary amides is 1. The van der Waals surface area contributed by atoms with Crippen LogP contribution >= 0.6 is 23.4 Å². The molecule has 0 aromatic heterocycles. The Kier molecular flexibility index (Phi) is 13.6. The molecule has 0 bridgehead atoms. The van der Waals surface area contributed by atoms with E-state index in [1.54, 1.807) is 36.4 Å². The maximum absolute atomic E-state index is 13.8. The number of hydrogen-bond donors (Lipinski definition) is 3. The Morgan fingerprint density at radius 2 is 1.42 bits per heavy atom. The Labute approximate surface area is 344 Å². The van der Waals surface area contributed by atoms with Gasteiger partial charge in [0.25, 0.3) is 5.91 Å². The number of thioether (sulfide) groups is 1. The Bertz CT molecular complexity index is 2020. The number of carbonyl (C=O) groups excluding carboxylic acids is 3. The minimum absolute atomic E-state index is 0.197. The molecule has 4 N–H and O–H groups in total. The number of benzene rings is 5. The average Bonchev–Trinajstić information content (AvgIpc) is 3.21. The molecular weight excluding hydrogens is 756 g/mol. The third-order valence-corrected chi connectivity index (χ3v) is 11.6. The number of hydrazine groups is 1. The Morgan fingerprint density at radius 1 is 0.842 bits per heavy atom. The summed E-state index contributed by atoms with van der Waals surface area (Å²) >= 11 is 7.90. The largest absolute Gasteiger partial charge is 0.492 e. The fraction of sp³-hybridized carbons (Fsp3) is 0.283. The van der Waals surface area contributed by atoms with Gasteiger partial charge < -0.3 is 20.5 Å². The maximum atomic E-state index is 13.8. The zero-order valence-corrected chi connectivity index (χ0v) is 34.0. The lowest BCUT2D eigenvalue weighted by Gasteiger charge is -2.37. The molecule has 3 amide bonds. The van der Waals surface area contributed by atoms with Crippen molar-refractivity contribution < 1.29 is 23.9 Å². The standard InChI is InChI=1S/C46H49ClN4O5S/c1-45(2,3)56-44(54)50-51(28-14-30-57-46(33-15-7-4-8-16-33,34-17-9-5-10-18-34)35-19-11-6-12-20-35)40-27-29-55-41-37(40)21-13-22-38(41)43(53)49-39(42(48)52)31-32-23-25-36(47)26-24-32/h4-13,15-26,39-40H,14,27-31H2,1-3H3,(H2,48,52)(H,49,53)(H,50,54)/t39-,40?/m1/s1. The molecule has 0 radical (unpaired) electrons. The average molecular weight is 805 g/mol. The molecule has 5 aromatic carbocycles. The monoisotopic (exact) mass is 804 g/mol. The van der Waals surface area contributed by atoms with E-state index in [-0.39, 0.29) is 18.0 Å². The number of para-hydroxylation sites is 1. The van der Waals surface area contributed by atoms with Gasteiger partial charge in [0.05, 0.1) is 23.0 Å². The fourth-order valence-corrected chi connectivity index (χ4v) is 8.77. The first-order valence-corrected chi connectivity index (χ1v) is 20.5. The molecule has 9 nitrogen and oxygen atoms in total. The summed E-state index contributed by atoms with van der Waals surface area (Å²) < 4.78 is 11.4. The van der Waals surface area contributed by atoms with Crippen molar-refractivity contribution >= 4 is 41.3 Å². The van der Waals surface area contributed by atoms with Crippen LogP contribution < -0.4 is 21.2 Å². The van der Waals surface area contributed by atoms with Gasteiger partial charge in [-0.1, -0.05) is 127 Å². The van der Waals surface area contributed by atoms with Crippen LogP contribution in [0.15, 0.2) is 133 Å². The van der Waals surface area contributed by atoms with Crippen molar-refractivity contribution in [2.24, 2.45) is 5.73 Å². The van der Waals surface area contributed by atoms with Gasteiger partial charge in [-0.05, 0) is 73.4 Å². The predicted octanol–water partition coefficient (Wildman–Crippen LogP) is 8.85. The van der Waals surface area contributed by atoms with Crippen LogP contribution in [0.5, 0.6) is 5.75 Å². The SMILES string of the molecule is CC(C)(C)OC(=O)NN(CCCSC(c1ccccc1)(c1ccccc1)c1ccccc1)C1CCOc2c(C(=O)N[C@H](Cc3ccc(Cl)cc3)C(N)=O)cccc21. The van der Waals surface area contributed by atoms with Gasteiger partial charge in [0.15, 0.2) is 0 Å². The normalized spacial score (nSPS) is 14.5. The van der Waals surface area contributed by atoms with Gasteiger partial charge in [0.2, 0.25) is 5.91 Å². The molecule has 57 heavy (non-hydrogen) atoms. The summed E-state index contributed by atoms with van der Waals surface area (Å²) in [6.45, 7) is 6.25. The number of hydrogen-bond acceptors (Lipinski definition) is 7. The number of nitrogens with two attached hydrogens (primary N) is 1. The lowest BCUT2D eigenvalue weighted by atomic mass is 9.84. The minimum Gasteiger partial charge on any atom is -0.492 e. The maximum Gasteiger partial charge on any atom is 0.422 e. The van der Waals surface area contributed by atoms with Crippen LogP contribution in [0.1, 0.15) is 77.8 Å². The molecule has 11 heteroatoms. The van der Waals surface area contributed by atoms with Crippen LogP contribution in [0.4, 0.5) is 4.79 Å². The summed E-state index contributed by atoms with van der Waals surface area (Å²) in [5.74, 6) is -0.0236. The minimum atomic E-state index is -0.966. The number of nitrogens with one attached hydrogen (secondary N) is 2. The van der Waals surface area contributed by atoms with Gasteiger partial charge in [-0.2, -0.15) is 0 Å². The second-order valence-corrected chi connectivity index (χ2v) is 16.7. The molecule has 0 spiro atoms. The molecule has 1 heterocycles. The molecule has 0 aliphatic carbocycles. The van der Waals surface area contributed by atoms with Crippen molar-refractivity contribution in [3.8, 4) is 5.75 Å². The summed E-state index contributed by atoms with van der Waals surface area (Å²) in [4.78, 5) is 39.7. The molecule has 0 saturated heterocycles. The van der Waals surface area contributed by atoms with Gasteiger partial charge >= 0.3 is 6.09 Å². The summed E-state index contributed by atoms with van der Waals surface area (Å²) in [5.41, 5.74) is 13.4. The first-order chi connectivity index (χ1) is 27.4. The zero-order valence-electron chi connectivity index (χ0n) is 32.5. The van der Waals surface area contributed by atoms with Crippen molar-refractivity contribution in [1.82, 2.24) is 15.8 Å². The highest BCUT2D eigenvalue weighted by atomic mass is 35.5. The Balaban J connectivity index is 1.26. The number of halogens is 1. The van der Waals surface area contributed by atoms with E-state index in [4.69, 9.17) is 26.8 Å². The van der Waals surface area contributed by atoms with E-state index in [9.17, 15) is 14.4 Å². The number of nitrogens with zero attached hydrogens (tertiary/aromatic N) is 1. The van der Waals surface area contributed by atoms with Crippen LogP contribution in [0.25, 0.3) is 0 Å². The first kappa shape index (κ1) is 41.3. The Hall–Kier alpha value is -5.29. The van der Waals surface area contributed by atoms with Gasteiger partial charge in [0, 0.05) is 30.0 Å². The number of amides is 3. The van der Waals surface area contributed by atoms with Crippen molar-refractivity contribution in [1.29, 1.82) is 0 Å². The lowest BCUT2D eigenvalue weighted by molar-refractivity contribution is -0.119. The van der Waals surface area contributed by atoms with Crippen molar-refractivity contribution in [3.63, 3.8) is 0 Å². The molecule has 0 saturated carbocycles. The van der Waals surface area contributed by atoms with Crippen LogP contribution in [0.2, 0.25) is 5.02 Å². The summed E-state index contributed by atoms with van der Waals surface area (Å²) in [5, 5.41) is 5.28. The molecule has 6 rings (SSSR count). The van der Waals surface area contributed by atoms with Crippen LogP contribution in [0, 0.1) is 0 Å². The van der Waals surface area contributed by atoms with Gasteiger partial charge in [-0.15, -0.1) is 11.8 Å². The van der Waals surface area contributed by atoms with Crippen molar-refractivity contribution in [2.75, 3.05) is 18.9 Å². The highest BCUT2D eigenvalue weighted by molar-refractivity contribution is 8.00. The second-order valence-electron chi connectivity index (χ2n) is 14.9. The van der Waals surface area contributed by atoms with Gasteiger partial charge in [-0.25, -0.2) is 9.80 Å². The fourth-order valence-electron chi connectivity index (χ4n) is 7.16. The van der Waals surface area contributed by atoms with E-state index < -0.39 is 34.3 Å². The molecule has 2 atom stereocenters. The number of fused-ring (bicyclic) bond motifs is 1. The highest BCUT2D eigenvalue weighted by Gasteiger charge is 2.37. The van der Waals surface area contributed by atoms with Crippen molar-refractivity contribution in [3.05, 3.63) is 172 Å². The predicted molar refractivity (Wildman–Crippen MR) is 227 cm³/mol. The van der Waals surface area contributed by atoms with E-state index in [1.807, 2.05) is 61.8 Å². The molecule has 296 valence electrons. The molecule has 1 unspecified atom stereocenters.